The van der Waals surface area contributed by atoms with Crippen LogP contribution in [0.4, 0.5) is 5.69 Å². The van der Waals surface area contributed by atoms with E-state index in [1.807, 2.05) is 0 Å². The minimum Gasteiger partial charge on any atom is -0.295 e. The summed E-state index contributed by atoms with van der Waals surface area (Å²) in [6, 6.07) is 9.52. The van der Waals surface area contributed by atoms with Gasteiger partial charge in [0.2, 0.25) is 0 Å². The second kappa shape index (κ2) is 3.14. The molecule has 0 aliphatic carbocycles. The summed E-state index contributed by atoms with van der Waals surface area (Å²) in [6.07, 6.45) is 5.62. The lowest BCUT2D eigenvalue weighted by molar-refractivity contribution is 0.460. The van der Waals surface area contributed by atoms with Crippen molar-refractivity contribution in [3.8, 4) is 12.5 Å². The van der Waals surface area contributed by atoms with Crippen molar-refractivity contribution in [3.05, 3.63) is 23.8 Å². The maximum Gasteiger partial charge on any atom is 0.0545 e. The Morgan fingerprint density at radius 2 is 2.13 bits per heavy atom. The molecule has 1 unspecified atom stereocenters. The molecule has 0 saturated carbocycles. The summed E-state index contributed by atoms with van der Waals surface area (Å²) in [6.45, 7) is 6.68. The van der Waals surface area contributed by atoms with Crippen LogP contribution in [0, 0.1) is 12.5 Å². The predicted octanol–water partition coefficient (Wildman–Crippen LogP) is 0.970. The Morgan fingerprint density at radius 3 is 2.73 bits per heavy atom. The van der Waals surface area contributed by atoms with E-state index in [2.05, 4.69) is 49.9 Å². The van der Waals surface area contributed by atoms with Gasteiger partial charge in [-0.2, -0.15) is 0 Å². The van der Waals surface area contributed by atoms with Gasteiger partial charge in [-0.1, -0.05) is 30.7 Å². The normalized spacial score (nSPS) is 22.5. The van der Waals surface area contributed by atoms with Crippen molar-refractivity contribution in [2.45, 2.75) is 32.2 Å². The summed E-state index contributed by atoms with van der Waals surface area (Å²) < 4.78 is 0. The molecule has 78 valence electrons. The van der Waals surface area contributed by atoms with Crippen LogP contribution in [0.3, 0.4) is 0 Å². The number of hydrogen-bond donors (Lipinski definition) is 0. The highest BCUT2D eigenvalue weighted by Crippen LogP contribution is 2.46. The Hall–Kier alpha value is -1.20. The third-order valence-electron chi connectivity index (χ3n) is 3.66. The quantitative estimate of drug-likeness (QED) is 0.460. The number of hydrogen-bond acceptors (Lipinski definition) is 1. The lowest BCUT2D eigenvalue weighted by Crippen LogP contribution is -2.39. The molecule has 0 saturated heterocycles. The van der Waals surface area contributed by atoms with Crippen molar-refractivity contribution in [2.24, 2.45) is 0 Å². The molecule has 15 heavy (non-hydrogen) atoms. The molecule has 0 amide bonds. The van der Waals surface area contributed by atoms with Crippen LogP contribution in [0.5, 0.6) is 0 Å². The highest BCUT2D eigenvalue weighted by Gasteiger charge is 2.41. The van der Waals surface area contributed by atoms with Crippen molar-refractivity contribution in [2.75, 3.05) is 4.90 Å². The first-order chi connectivity index (χ1) is 6.98. The zero-order valence-corrected chi connectivity index (χ0v) is 11.8. The molecule has 1 aromatic rings. The van der Waals surface area contributed by atoms with E-state index in [0.29, 0.717) is 5.92 Å². The first kappa shape index (κ1) is 10.3. The van der Waals surface area contributed by atoms with Gasteiger partial charge in [-0.15, -0.1) is 0 Å². The van der Waals surface area contributed by atoms with Crippen molar-refractivity contribution in [3.63, 3.8) is 0 Å². The molecule has 1 heterocycles. The van der Waals surface area contributed by atoms with E-state index in [4.69, 9.17) is 6.42 Å². The Morgan fingerprint density at radius 1 is 1.47 bits per heavy atom. The number of benzene rings is 1. The lowest BCUT2D eigenvalue weighted by Gasteiger charge is -2.32. The highest BCUT2D eigenvalue weighted by molar-refractivity contribution is 6.32. The second-order valence-corrected chi connectivity index (χ2v) is 6.06. The van der Waals surface area contributed by atoms with Gasteiger partial charge >= 0.3 is 0 Å². The molecule has 0 aromatic heterocycles. The summed E-state index contributed by atoms with van der Waals surface area (Å²) in [5.74, 6) is 0.491. The van der Waals surface area contributed by atoms with E-state index in [0.717, 1.165) is 10.2 Å². The summed E-state index contributed by atoms with van der Waals surface area (Å²) in [5.41, 5.74) is 2.66. The second-order valence-electron chi connectivity index (χ2n) is 4.90. The maximum absolute atomic E-state index is 5.62. The summed E-state index contributed by atoms with van der Waals surface area (Å²) >= 11 is 0. The topological polar surface area (TPSA) is 3.24 Å². The minimum atomic E-state index is 0.0342. The fraction of sp³-hybridized carbons (Fsp3) is 0.385. The highest BCUT2D eigenvalue weighted by atomic mass is 28.1. The first-order valence-corrected chi connectivity index (χ1v) is 6.35. The molecule has 2 rings (SSSR count). The predicted molar refractivity (Wildman–Crippen MR) is 69.8 cm³/mol. The molecule has 0 fully saturated rings. The zero-order chi connectivity index (χ0) is 11.2. The largest absolute Gasteiger partial charge is 0.295 e. The van der Waals surface area contributed by atoms with E-state index < -0.39 is 0 Å². The van der Waals surface area contributed by atoms with E-state index in [9.17, 15) is 0 Å². The molecular weight excluding hydrogens is 198 g/mol. The Kier molecular flexibility index (Phi) is 2.16. The van der Waals surface area contributed by atoms with Crippen LogP contribution in [0.1, 0.15) is 32.3 Å². The summed E-state index contributed by atoms with van der Waals surface area (Å²) in [7, 11) is 1.08. The number of rotatable bonds is 0. The Bertz CT molecular complexity index is 442. The van der Waals surface area contributed by atoms with Crippen molar-refractivity contribution in [1.29, 1.82) is 0 Å². The molecular formula is C13H17NSi. The SMILES string of the molecule is C#CN1c2cc([SiH3])ccc2C(C)C1(C)C. The summed E-state index contributed by atoms with van der Waals surface area (Å²) in [5, 5.41) is 1.40. The average Bonchev–Trinajstić information content (AvgIpc) is 2.35. The third kappa shape index (κ3) is 1.31. The average molecular weight is 215 g/mol. The molecule has 1 nitrogen and oxygen atoms in total. The maximum atomic E-state index is 5.62. The Labute approximate surface area is 94.9 Å². The molecule has 0 N–H and O–H groups in total. The van der Waals surface area contributed by atoms with Crippen molar-refractivity contribution in [1.82, 2.24) is 0 Å². The Balaban J connectivity index is 2.64. The van der Waals surface area contributed by atoms with Crippen LogP contribution in [-0.4, -0.2) is 15.8 Å². The molecule has 1 aliphatic rings. The van der Waals surface area contributed by atoms with E-state index in [1.165, 1.54) is 16.4 Å². The molecule has 1 atom stereocenters. The summed E-state index contributed by atoms with van der Waals surface area (Å²) in [4.78, 5) is 2.08. The van der Waals surface area contributed by atoms with Gasteiger partial charge in [-0.05, 0) is 25.5 Å². The van der Waals surface area contributed by atoms with E-state index in [1.54, 1.807) is 0 Å². The first-order valence-electron chi connectivity index (χ1n) is 5.35. The van der Waals surface area contributed by atoms with Gasteiger partial charge in [-0.25, -0.2) is 0 Å². The standard InChI is InChI=1S/C13H17NSi/c1-5-14-12-8-10(15)6-7-11(12)9(2)13(14,3)4/h1,6-9H,2-4,15H3. The molecule has 0 spiro atoms. The van der Waals surface area contributed by atoms with Gasteiger partial charge in [0.1, 0.15) is 0 Å². The van der Waals surface area contributed by atoms with Crippen molar-refractivity contribution < 1.29 is 0 Å². The molecule has 1 aliphatic heterocycles. The van der Waals surface area contributed by atoms with Gasteiger partial charge in [0, 0.05) is 22.2 Å². The number of nitrogens with zero attached hydrogens (tertiary/aromatic N) is 1. The molecule has 0 radical (unpaired) electrons. The van der Waals surface area contributed by atoms with E-state index in [-0.39, 0.29) is 5.54 Å². The van der Waals surface area contributed by atoms with Gasteiger partial charge in [0.15, 0.2) is 0 Å². The van der Waals surface area contributed by atoms with Gasteiger partial charge in [0.25, 0.3) is 0 Å². The fourth-order valence-corrected chi connectivity index (χ4v) is 2.77. The van der Waals surface area contributed by atoms with E-state index >= 15 is 0 Å². The van der Waals surface area contributed by atoms with Crippen LogP contribution < -0.4 is 10.1 Å². The fourth-order valence-electron chi connectivity index (χ4n) is 2.33. The van der Waals surface area contributed by atoms with Crippen molar-refractivity contribution >= 4 is 21.1 Å². The van der Waals surface area contributed by atoms with Crippen LogP contribution >= 0.6 is 0 Å². The zero-order valence-electron chi connectivity index (χ0n) is 9.83. The number of fused-ring (bicyclic) bond motifs is 1. The number of anilines is 1. The lowest BCUT2D eigenvalue weighted by atomic mass is 9.87. The van der Waals surface area contributed by atoms with Crippen LogP contribution in [0.25, 0.3) is 0 Å². The van der Waals surface area contributed by atoms with Crippen LogP contribution in [0.15, 0.2) is 18.2 Å². The molecule has 2 heteroatoms. The smallest absolute Gasteiger partial charge is 0.0545 e. The third-order valence-corrected chi connectivity index (χ3v) is 4.28. The van der Waals surface area contributed by atoms with Gasteiger partial charge in [0.05, 0.1) is 11.2 Å². The number of terminal acetylenes is 1. The van der Waals surface area contributed by atoms with Gasteiger partial charge in [-0.3, -0.25) is 4.90 Å². The minimum absolute atomic E-state index is 0.0342. The van der Waals surface area contributed by atoms with Gasteiger partial charge < -0.3 is 0 Å². The monoisotopic (exact) mass is 215 g/mol. The molecule has 0 bridgehead atoms. The van der Waals surface area contributed by atoms with Crippen LogP contribution in [-0.2, 0) is 0 Å². The molecule has 1 aromatic carbocycles. The van der Waals surface area contributed by atoms with Crippen LogP contribution in [0.2, 0.25) is 0 Å².